The minimum Gasteiger partial charge on any atom is -0.232 e. The summed E-state index contributed by atoms with van der Waals surface area (Å²) in [6.45, 7) is 6.58. The Labute approximate surface area is 202 Å². The molecule has 0 atom stereocenters. The molecule has 1 aromatic heterocycles. The van der Waals surface area contributed by atoms with E-state index in [9.17, 15) is 0 Å². The first-order chi connectivity index (χ1) is 16.5. The average Bonchev–Trinajstić information content (AvgIpc) is 2.89. The predicted octanol–water partition coefficient (Wildman–Crippen LogP) is 8.44. The average molecular weight is 441 g/mol. The van der Waals surface area contributed by atoms with E-state index in [1.54, 1.807) is 0 Å². The van der Waals surface area contributed by atoms with Crippen LogP contribution in [-0.4, -0.2) is 9.97 Å². The molecule has 2 nitrogen and oxygen atoms in total. The fourth-order valence-corrected chi connectivity index (χ4v) is 4.01. The zero-order chi connectivity index (χ0) is 23.5. The Balaban J connectivity index is 1.53. The van der Waals surface area contributed by atoms with Gasteiger partial charge < -0.3 is 0 Å². The number of hydrogen-bond acceptors (Lipinski definition) is 2. The first-order valence-electron chi connectivity index (χ1n) is 11.7. The summed E-state index contributed by atoms with van der Waals surface area (Å²) in [7, 11) is 0. The molecule has 5 aromatic rings. The van der Waals surface area contributed by atoms with Crippen molar-refractivity contribution >= 4 is 0 Å². The van der Waals surface area contributed by atoms with Gasteiger partial charge in [0.15, 0.2) is 5.82 Å². The van der Waals surface area contributed by atoms with E-state index < -0.39 is 0 Å². The first kappa shape index (κ1) is 21.8. The molecule has 0 unspecified atom stereocenters. The van der Waals surface area contributed by atoms with Gasteiger partial charge in [0, 0.05) is 16.5 Å². The molecule has 0 saturated carbocycles. The highest BCUT2D eigenvalue weighted by molar-refractivity contribution is 5.71. The van der Waals surface area contributed by atoms with Gasteiger partial charge in [-0.05, 0) is 28.3 Å². The number of benzene rings is 4. The van der Waals surface area contributed by atoms with Gasteiger partial charge in [0.05, 0.1) is 11.4 Å². The number of hydrogen-bond donors (Lipinski definition) is 0. The van der Waals surface area contributed by atoms with E-state index in [0.29, 0.717) is 0 Å². The van der Waals surface area contributed by atoms with Gasteiger partial charge in [-0.1, -0.05) is 130 Å². The topological polar surface area (TPSA) is 25.8 Å². The maximum absolute atomic E-state index is 4.98. The molecule has 2 heteroatoms. The molecule has 0 aliphatic carbocycles. The molecule has 0 saturated heterocycles. The van der Waals surface area contributed by atoms with Crippen molar-refractivity contribution in [3.8, 4) is 44.9 Å². The first-order valence-corrected chi connectivity index (χ1v) is 11.7. The van der Waals surface area contributed by atoms with Gasteiger partial charge in [-0.15, -0.1) is 0 Å². The summed E-state index contributed by atoms with van der Waals surface area (Å²) >= 11 is 0. The van der Waals surface area contributed by atoms with Gasteiger partial charge in [0.25, 0.3) is 0 Å². The van der Waals surface area contributed by atoms with E-state index in [2.05, 4.69) is 124 Å². The largest absolute Gasteiger partial charge is 0.232 e. The molecule has 0 fully saturated rings. The third kappa shape index (κ3) is 4.67. The zero-order valence-corrected chi connectivity index (χ0v) is 19.9. The van der Waals surface area contributed by atoms with Crippen LogP contribution < -0.4 is 0 Å². The van der Waals surface area contributed by atoms with E-state index >= 15 is 0 Å². The van der Waals surface area contributed by atoms with E-state index in [1.807, 2.05) is 12.1 Å². The SMILES string of the molecule is CC(C)(C)c1cc(-c2ccc(-c3ccccc3)cc2)nc(-c2ccc(-c3ccccc3)cc2)n1. The van der Waals surface area contributed by atoms with Crippen molar-refractivity contribution in [2.24, 2.45) is 0 Å². The van der Waals surface area contributed by atoms with Gasteiger partial charge in [0.2, 0.25) is 0 Å². The Kier molecular flexibility index (Phi) is 5.81. The molecule has 0 N–H and O–H groups in total. The van der Waals surface area contributed by atoms with E-state index in [-0.39, 0.29) is 5.41 Å². The summed E-state index contributed by atoms with van der Waals surface area (Å²) in [5.41, 5.74) is 8.82. The van der Waals surface area contributed by atoms with Gasteiger partial charge in [-0.3, -0.25) is 0 Å². The molecule has 166 valence electrons. The second-order valence-corrected chi connectivity index (χ2v) is 9.60. The van der Waals surface area contributed by atoms with Gasteiger partial charge in [-0.2, -0.15) is 0 Å². The summed E-state index contributed by atoms with van der Waals surface area (Å²) in [4.78, 5) is 9.94. The molecular weight excluding hydrogens is 412 g/mol. The van der Waals surface area contributed by atoms with Crippen molar-refractivity contribution in [2.75, 3.05) is 0 Å². The van der Waals surface area contributed by atoms with Crippen molar-refractivity contribution < 1.29 is 0 Å². The lowest BCUT2D eigenvalue weighted by Crippen LogP contribution is -2.15. The molecule has 4 aromatic carbocycles. The van der Waals surface area contributed by atoms with Crippen LogP contribution in [0.4, 0.5) is 0 Å². The minimum atomic E-state index is -0.0829. The molecule has 0 spiro atoms. The molecule has 1 heterocycles. The second-order valence-electron chi connectivity index (χ2n) is 9.60. The van der Waals surface area contributed by atoms with Crippen LogP contribution in [0.2, 0.25) is 0 Å². The maximum Gasteiger partial charge on any atom is 0.160 e. The Morgan fingerprint density at radius 3 is 1.32 bits per heavy atom. The van der Waals surface area contributed by atoms with Crippen LogP contribution in [0.5, 0.6) is 0 Å². The van der Waals surface area contributed by atoms with Gasteiger partial charge >= 0.3 is 0 Å². The fourth-order valence-electron chi connectivity index (χ4n) is 4.01. The highest BCUT2D eigenvalue weighted by Gasteiger charge is 2.19. The normalized spacial score (nSPS) is 11.4. The van der Waals surface area contributed by atoms with Crippen LogP contribution in [0.3, 0.4) is 0 Å². The molecule has 5 rings (SSSR count). The van der Waals surface area contributed by atoms with Gasteiger partial charge in [0.1, 0.15) is 0 Å². The van der Waals surface area contributed by atoms with Crippen molar-refractivity contribution in [2.45, 2.75) is 26.2 Å². The maximum atomic E-state index is 4.98. The van der Waals surface area contributed by atoms with E-state index in [1.165, 1.54) is 22.3 Å². The lowest BCUT2D eigenvalue weighted by molar-refractivity contribution is 0.568. The van der Waals surface area contributed by atoms with E-state index in [4.69, 9.17) is 9.97 Å². The van der Waals surface area contributed by atoms with Gasteiger partial charge in [-0.25, -0.2) is 9.97 Å². The van der Waals surface area contributed by atoms with Crippen LogP contribution in [0, 0.1) is 0 Å². The molecule has 0 radical (unpaired) electrons. The van der Waals surface area contributed by atoms with Crippen LogP contribution in [-0.2, 0) is 5.41 Å². The summed E-state index contributed by atoms with van der Waals surface area (Å²) < 4.78 is 0. The molecular formula is C32H28N2. The fraction of sp³-hybridized carbons (Fsp3) is 0.125. The summed E-state index contributed by atoms with van der Waals surface area (Å²) in [5, 5.41) is 0. The smallest absolute Gasteiger partial charge is 0.160 e. The van der Waals surface area contributed by atoms with Crippen molar-refractivity contribution in [1.82, 2.24) is 9.97 Å². The zero-order valence-electron chi connectivity index (χ0n) is 19.9. The Morgan fingerprint density at radius 2 is 0.853 bits per heavy atom. The monoisotopic (exact) mass is 440 g/mol. The molecule has 0 aliphatic heterocycles. The molecule has 34 heavy (non-hydrogen) atoms. The summed E-state index contributed by atoms with van der Waals surface area (Å²) in [5.74, 6) is 0.758. The standard InChI is InChI=1S/C32H28N2/c1-32(2,3)30-22-29(27-18-14-25(15-19-27)23-10-6-4-7-11-23)33-31(34-30)28-20-16-26(17-21-28)24-12-8-5-9-13-24/h4-22H,1-3H3. The second kappa shape index (κ2) is 9.07. The highest BCUT2D eigenvalue weighted by atomic mass is 14.9. The Bertz CT molecular complexity index is 1280. The number of nitrogens with zero attached hydrogens (tertiary/aromatic N) is 2. The minimum absolute atomic E-state index is 0.0829. The Morgan fingerprint density at radius 1 is 0.441 bits per heavy atom. The summed E-state index contributed by atoms with van der Waals surface area (Å²) in [6.07, 6.45) is 0. The van der Waals surface area contributed by atoms with Crippen LogP contribution in [0.1, 0.15) is 26.5 Å². The lowest BCUT2D eigenvalue weighted by Gasteiger charge is -2.20. The van der Waals surface area contributed by atoms with Crippen LogP contribution >= 0.6 is 0 Å². The molecule has 0 amide bonds. The van der Waals surface area contributed by atoms with E-state index in [0.717, 1.165) is 28.3 Å². The Hall–Kier alpha value is -4.04. The predicted molar refractivity (Wildman–Crippen MR) is 142 cm³/mol. The number of aromatic nitrogens is 2. The number of rotatable bonds is 4. The van der Waals surface area contributed by atoms with Crippen molar-refractivity contribution in [3.63, 3.8) is 0 Å². The van der Waals surface area contributed by atoms with Crippen LogP contribution in [0.25, 0.3) is 44.9 Å². The van der Waals surface area contributed by atoms with Crippen molar-refractivity contribution in [1.29, 1.82) is 0 Å². The third-order valence-electron chi connectivity index (χ3n) is 6.03. The molecule has 0 bridgehead atoms. The summed E-state index contributed by atoms with van der Waals surface area (Å²) in [6, 6.07) is 40.2. The lowest BCUT2D eigenvalue weighted by atomic mass is 9.90. The van der Waals surface area contributed by atoms with Crippen LogP contribution in [0.15, 0.2) is 115 Å². The quantitative estimate of drug-likeness (QED) is 0.280. The third-order valence-corrected chi connectivity index (χ3v) is 6.03. The highest BCUT2D eigenvalue weighted by Crippen LogP contribution is 2.30. The molecule has 0 aliphatic rings. The van der Waals surface area contributed by atoms with Crippen molar-refractivity contribution in [3.05, 3.63) is 121 Å².